The summed E-state index contributed by atoms with van der Waals surface area (Å²) in [6.45, 7) is 5.73. The molecule has 0 saturated carbocycles. The second-order valence-corrected chi connectivity index (χ2v) is 5.84. The van der Waals surface area contributed by atoms with Crippen LogP contribution in [0.25, 0.3) is 0 Å². The van der Waals surface area contributed by atoms with Gasteiger partial charge in [-0.15, -0.1) is 0 Å². The van der Waals surface area contributed by atoms with E-state index in [9.17, 15) is 9.59 Å². The Kier molecular flexibility index (Phi) is 5.58. The molecule has 0 fully saturated rings. The van der Waals surface area contributed by atoms with Crippen molar-refractivity contribution in [3.8, 4) is 5.75 Å². The fourth-order valence-electron chi connectivity index (χ4n) is 2.29. The van der Waals surface area contributed by atoms with Crippen molar-refractivity contribution in [2.45, 2.75) is 26.7 Å². The first-order chi connectivity index (χ1) is 11.4. The molecule has 0 radical (unpaired) electrons. The van der Waals surface area contributed by atoms with Crippen LogP contribution in [-0.2, 0) is 4.79 Å². The van der Waals surface area contributed by atoms with Gasteiger partial charge in [0.15, 0.2) is 6.61 Å². The Labute approximate surface area is 141 Å². The number of nitrogens with one attached hydrogen (secondary N) is 1. The minimum absolute atomic E-state index is 0.141. The molecule has 0 aliphatic rings. The highest BCUT2D eigenvalue weighted by Crippen LogP contribution is 2.20. The third-order valence-electron chi connectivity index (χ3n) is 3.75. The lowest BCUT2D eigenvalue weighted by Crippen LogP contribution is -2.21. The summed E-state index contributed by atoms with van der Waals surface area (Å²) in [6.07, 6.45) is 0. The number of hydrogen-bond acceptors (Lipinski definition) is 3. The molecule has 0 heterocycles. The summed E-state index contributed by atoms with van der Waals surface area (Å²) in [6, 6.07) is 12.4. The van der Waals surface area contributed by atoms with Gasteiger partial charge in [0.25, 0.3) is 5.91 Å². The van der Waals surface area contributed by atoms with Crippen LogP contribution in [-0.4, -0.2) is 23.6 Å². The van der Waals surface area contributed by atoms with Crippen LogP contribution < -0.4 is 10.1 Å². The zero-order valence-corrected chi connectivity index (χ0v) is 14.0. The Morgan fingerprint density at radius 2 is 1.79 bits per heavy atom. The van der Waals surface area contributed by atoms with Crippen LogP contribution in [0.4, 0.5) is 5.69 Å². The molecule has 0 aromatic heterocycles. The molecule has 5 heteroatoms. The highest BCUT2D eigenvalue weighted by atomic mass is 16.5. The van der Waals surface area contributed by atoms with E-state index < -0.39 is 5.97 Å². The second kappa shape index (κ2) is 7.64. The Morgan fingerprint density at radius 3 is 2.38 bits per heavy atom. The molecule has 0 aliphatic heterocycles. The number of hydrogen-bond donors (Lipinski definition) is 2. The summed E-state index contributed by atoms with van der Waals surface area (Å²) < 4.78 is 5.46. The van der Waals surface area contributed by atoms with Crippen molar-refractivity contribution in [1.82, 2.24) is 0 Å². The van der Waals surface area contributed by atoms with E-state index in [1.54, 1.807) is 19.1 Å². The monoisotopic (exact) mass is 327 g/mol. The Hall–Kier alpha value is -2.82. The molecule has 0 spiro atoms. The van der Waals surface area contributed by atoms with E-state index in [1.165, 1.54) is 11.6 Å². The van der Waals surface area contributed by atoms with Crippen molar-refractivity contribution >= 4 is 17.6 Å². The SMILES string of the molecule is Cc1c(NC(=O)COc2ccc(C(C)C)cc2)cccc1C(=O)O. The zero-order chi connectivity index (χ0) is 17.7. The summed E-state index contributed by atoms with van der Waals surface area (Å²) in [5, 5.41) is 11.8. The van der Waals surface area contributed by atoms with Crippen molar-refractivity contribution in [3.63, 3.8) is 0 Å². The standard InChI is InChI=1S/C19H21NO4/c1-12(2)14-7-9-15(10-8-14)24-11-18(21)20-17-6-4-5-16(13(17)3)19(22)23/h4-10,12H,11H2,1-3H3,(H,20,21)(H,22,23). The van der Waals surface area contributed by atoms with Crippen LogP contribution in [0.2, 0.25) is 0 Å². The molecule has 2 N–H and O–H groups in total. The molecule has 126 valence electrons. The number of carboxylic acids is 1. The van der Waals surface area contributed by atoms with Crippen molar-refractivity contribution in [2.75, 3.05) is 11.9 Å². The summed E-state index contributed by atoms with van der Waals surface area (Å²) in [4.78, 5) is 23.1. The molecular formula is C19H21NO4. The van der Waals surface area contributed by atoms with E-state index in [-0.39, 0.29) is 18.1 Å². The van der Waals surface area contributed by atoms with Gasteiger partial charge in [0.2, 0.25) is 0 Å². The third kappa shape index (κ3) is 4.35. The number of ether oxygens (including phenoxy) is 1. The Morgan fingerprint density at radius 1 is 1.12 bits per heavy atom. The highest BCUT2D eigenvalue weighted by molar-refractivity contribution is 5.96. The lowest BCUT2D eigenvalue weighted by Gasteiger charge is -2.12. The van der Waals surface area contributed by atoms with Crippen molar-refractivity contribution < 1.29 is 19.4 Å². The fourth-order valence-corrected chi connectivity index (χ4v) is 2.29. The maximum Gasteiger partial charge on any atom is 0.336 e. The second-order valence-electron chi connectivity index (χ2n) is 5.84. The van der Waals surface area contributed by atoms with Gasteiger partial charge in [0.05, 0.1) is 5.56 Å². The molecule has 0 bridgehead atoms. The van der Waals surface area contributed by atoms with Crippen molar-refractivity contribution in [2.24, 2.45) is 0 Å². The van der Waals surface area contributed by atoms with Gasteiger partial charge in [0, 0.05) is 5.69 Å². The van der Waals surface area contributed by atoms with Gasteiger partial charge in [-0.3, -0.25) is 4.79 Å². The van der Waals surface area contributed by atoms with E-state index in [2.05, 4.69) is 19.2 Å². The molecule has 24 heavy (non-hydrogen) atoms. The van der Waals surface area contributed by atoms with E-state index in [0.717, 1.165) is 0 Å². The number of aromatic carboxylic acids is 1. The topological polar surface area (TPSA) is 75.6 Å². The summed E-state index contributed by atoms with van der Waals surface area (Å²) in [7, 11) is 0. The number of carboxylic acid groups (broad SMARTS) is 1. The van der Waals surface area contributed by atoms with Crippen molar-refractivity contribution in [1.29, 1.82) is 0 Å². The summed E-state index contributed by atoms with van der Waals surface area (Å²) in [5.74, 6) is -0.309. The van der Waals surface area contributed by atoms with E-state index in [1.807, 2.05) is 24.3 Å². The van der Waals surface area contributed by atoms with E-state index in [0.29, 0.717) is 22.9 Å². The van der Waals surface area contributed by atoms with Gasteiger partial charge in [-0.2, -0.15) is 0 Å². The van der Waals surface area contributed by atoms with Crippen LogP contribution in [0.3, 0.4) is 0 Å². The average molecular weight is 327 g/mol. The van der Waals surface area contributed by atoms with Crippen LogP contribution in [0.5, 0.6) is 5.75 Å². The maximum atomic E-state index is 12.0. The first-order valence-corrected chi connectivity index (χ1v) is 7.74. The predicted molar refractivity (Wildman–Crippen MR) is 92.8 cm³/mol. The largest absolute Gasteiger partial charge is 0.484 e. The van der Waals surface area contributed by atoms with Gasteiger partial charge >= 0.3 is 5.97 Å². The number of carbonyl (C=O) groups is 2. The smallest absolute Gasteiger partial charge is 0.336 e. The normalized spacial score (nSPS) is 10.5. The van der Waals surface area contributed by atoms with Gasteiger partial charge < -0.3 is 15.2 Å². The van der Waals surface area contributed by atoms with Crippen LogP contribution in [0.1, 0.15) is 41.3 Å². The zero-order valence-electron chi connectivity index (χ0n) is 14.0. The molecule has 2 aromatic carbocycles. The molecule has 0 aliphatic carbocycles. The minimum atomic E-state index is -1.02. The van der Waals surface area contributed by atoms with Crippen LogP contribution in [0.15, 0.2) is 42.5 Å². The third-order valence-corrected chi connectivity index (χ3v) is 3.75. The molecule has 2 aromatic rings. The lowest BCUT2D eigenvalue weighted by atomic mass is 10.0. The average Bonchev–Trinajstić information content (AvgIpc) is 2.55. The van der Waals surface area contributed by atoms with Gasteiger partial charge in [-0.25, -0.2) is 4.79 Å². The first kappa shape index (κ1) is 17.5. The van der Waals surface area contributed by atoms with Crippen LogP contribution >= 0.6 is 0 Å². The van der Waals surface area contributed by atoms with Gasteiger partial charge in [-0.1, -0.05) is 32.0 Å². The van der Waals surface area contributed by atoms with Crippen LogP contribution in [0, 0.1) is 6.92 Å². The molecule has 0 unspecified atom stereocenters. The summed E-state index contributed by atoms with van der Waals surface area (Å²) in [5.41, 5.74) is 2.35. The van der Waals surface area contributed by atoms with Gasteiger partial charge in [0.1, 0.15) is 5.75 Å². The Balaban J connectivity index is 1.96. The molecule has 1 amide bonds. The first-order valence-electron chi connectivity index (χ1n) is 7.74. The molecular weight excluding hydrogens is 306 g/mol. The number of amides is 1. The quantitative estimate of drug-likeness (QED) is 0.845. The molecule has 0 atom stereocenters. The highest BCUT2D eigenvalue weighted by Gasteiger charge is 2.12. The van der Waals surface area contributed by atoms with Gasteiger partial charge in [-0.05, 0) is 48.2 Å². The number of rotatable bonds is 6. The predicted octanol–water partition coefficient (Wildman–Crippen LogP) is 3.83. The Bertz CT molecular complexity index is 736. The summed E-state index contributed by atoms with van der Waals surface area (Å²) >= 11 is 0. The number of anilines is 1. The molecule has 2 rings (SSSR count). The number of carbonyl (C=O) groups excluding carboxylic acids is 1. The maximum absolute atomic E-state index is 12.0. The van der Waals surface area contributed by atoms with E-state index in [4.69, 9.17) is 9.84 Å². The molecule has 0 saturated heterocycles. The minimum Gasteiger partial charge on any atom is -0.484 e. The van der Waals surface area contributed by atoms with E-state index >= 15 is 0 Å². The lowest BCUT2D eigenvalue weighted by molar-refractivity contribution is -0.118. The van der Waals surface area contributed by atoms with Crippen molar-refractivity contribution in [3.05, 3.63) is 59.2 Å². The molecule has 5 nitrogen and oxygen atoms in total. The fraction of sp³-hybridized carbons (Fsp3) is 0.263. The number of benzene rings is 2.